The molecule has 0 saturated heterocycles. The molecule has 5 rings (SSSR count). The number of allylic oxidation sites excluding steroid dienone is 3. The first-order valence-electron chi connectivity index (χ1n) is 17.4. The first kappa shape index (κ1) is 35.8. The van der Waals surface area contributed by atoms with Crippen LogP contribution in [0.1, 0.15) is 81.1 Å². The van der Waals surface area contributed by atoms with Gasteiger partial charge in [-0.15, -0.1) is 0 Å². The summed E-state index contributed by atoms with van der Waals surface area (Å²) in [5, 5.41) is 6.50. The maximum absolute atomic E-state index is 9.39. The molecule has 2 heterocycles. The third kappa shape index (κ3) is 7.88. The van der Waals surface area contributed by atoms with Crippen LogP contribution in [0.2, 0.25) is 5.04 Å². The molecular weight excluding hydrogens is 611 g/mol. The summed E-state index contributed by atoms with van der Waals surface area (Å²) in [5.41, 5.74) is 15.5. The summed E-state index contributed by atoms with van der Waals surface area (Å²) in [4.78, 5) is 3.19. The topological polar surface area (TPSA) is 76.5 Å². The first-order valence-corrected chi connectivity index (χ1v) is 19.3. The Morgan fingerprint density at radius 1 is 1.00 bits per heavy atom. The van der Waals surface area contributed by atoms with E-state index in [9.17, 15) is 5.53 Å². The predicted octanol–water partition coefficient (Wildman–Crippen LogP) is 9.66. The third-order valence-electron chi connectivity index (χ3n) is 9.94. The Balaban J connectivity index is 1.57. The van der Waals surface area contributed by atoms with Crippen molar-refractivity contribution in [1.29, 1.82) is 0 Å². The molecule has 3 aliphatic rings. The monoisotopic (exact) mass is 663 g/mol. The zero-order chi connectivity index (χ0) is 34.5. The zero-order valence-corrected chi connectivity index (χ0v) is 31.1. The second-order valence-electron chi connectivity index (χ2n) is 15.1. The van der Waals surface area contributed by atoms with Gasteiger partial charge in [0.15, 0.2) is 0 Å². The van der Waals surface area contributed by atoms with E-state index in [0.29, 0.717) is 13.0 Å². The van der Waals surface area contributed by atoms with Crippen molar-refractivity contribution in [2.75, 3.05) is 6.61 Å². The van der Waals surface area contributed by atoms with Gasteiger partial charge in [-0.3, -0.25) is 0 Å². The van der Waals surface area contributed by atoms with Gasteiger partial charge in [-0.25, -0.2) is 0 Å². The summed E-state index contributed by atoms with van der Waals surface area (Å²) in [6, 6.07) is 21.3. The molecular formula is C41H53N3O3Si. The number of ether oxygens (including phenoxy) is 2. The lowest BCUT2D eigenvalue weighted by molar-refractivity contribution is -0.225. The van der Waals surface area contributed by atoms with Gasteiger partial charge in [0.2, 0.25) is 5.79 Å². The number of fused-ring (bicyclic) bond motifs is 1. The van der Waals surface area contributed by atoms with Crippen molar-refractivity contribution in [3.05, 3.63) is 129 Å². The van der Waals surface area contributed by atoms with E-state index in [1.807, 2.05) is 6.92 Å². The minimum atomic E-state index is -2.82. The highest BCUT2D eigenvalue weighted by Gasteiger charge is 2.52. The van der Waals surface area contributed by atoms with E-state index in [1.165, 1.54) is 27.1 Å². The van der Waals surface area contributed by atoms with Crippen LogP contribution in [-0.4, -0.2) is 39.0 Å². The van der Waals surface area contributed by atoms with Gasteiger partial charge in [0.25, 0.3) is 8.32 Å². The molecule has 0 aromatic heterocycles. The lowest BCUT2D eigenvalue weighted by Crippen LogP contribution is -2.67. The molecule has 2 aliphatic heterocycles. The molecule has 0 radical (unpaired) electrons. The van der Waals surface area contributed by atoms with Gasteiger partial charge in [-0.05, 0) is 99.0 Å². The Morgan fingerprint density at radius 2 is 1.65 bits per heavy atom. The van der Waals surface area contributed by atoms with Gasteiger partial charge in [-0.2, -0.15) is 0 Å². The number of hydrogen-bond acceptors (Lipinski definition) is 4. The van der Waals surface area contributed by atoms with Gasteiger partial charge >= 0.3 is 0 Å². The van der Waals surface area contributed by atoms with E-state index < -0.39 is 14.1 Å². The molecule has 1 spiro atoms. The van der Waals surface area contributed by atoms with Crippen LogP contribution in [0.15, 0.2) is 124 Å². The largest absolute Gasteiger partial charge is 0.403 e. The lowest BCUT2D eigenvalue weighted by Gasteiger charge is -2.48. The molecule has 7 heteroatoms. The highest BCUT2D eigenvalue weighted by atomic mass is 28.4. The Kier molecular flexibility index (Phi) is 11.2. The standard InChI is InChI=1S/C41H53N3O3Si/c1-29(2)16-15-17-30(3)22-34-23-31(4)26-41(46-34)27-33(37-25-38(43-44-42)32(5)24-39(37)47-41)28-45-48(40(6,7)8,35-18-11-9-12-19-35)36-20-13-10-14-21-36/h9-14,16,18-22,24,26-27,34,37-39H,15,17,23,25,28H2,1-8H3/t34-,37-,38?,39-,41+/m1/s1. The van der Waals surface area contributed by atoms with Crippen LogP contribution < -0.4 is 10.4 Å². The van der Waals surface area contributed by atoms with Gasteiger partial charge in [0.05, 0.1) is 24.9 Å². The molecule has 0 saturated carbocycles. The molecule has 5 atom stereocenters. The van der Waals surface area contributed by atoms with Crippen molar-refractivity contribution in [2.45, 2.75) is 110 Å². The van der Waals surface area contributed by atoms with Crippen molar-refractivity contribution in [3.63, 3.8) is 0 Å². The van der Waals surface area contributed by atoms with Crippen LogP contribution in [-0.2, 0) is 13.9 Å². The van der Waals surface area contributed by atoms with Crippen molar-refractivity contribution in [3.8, 4) is 0 Å². The average molecular weight is 664 g/mol. The number of rotatable bonds is 10. The SMILES string of the molecule is CC(C)=CCCC(C)=C[C@@H]1CC(C)=C[C@]2(C=C(CO[Si](c3ccccc3)(c3ccccc3)C(C)(C)C)[C@H]3CC(N=[N+]=[N-])C(C)=C[C@H]3O2)O1. The Labute approximate surface area is 289 Å². The summed E-state index contributed by atoms with van der Waals surface area (Å²) in [5.74, 6) is -1.02. The molecule has 2 aromatic carbocycles. The van der Waals surface area contributed by atoms with Gasteiger partial charge in [0.1, 0.15) is 0 Å². The maximum Gasteiger partial charge on any atom is 0.261 e. The summed E-state index contributed by atoms with van der Waals surface area (Å²) >= 11 is 0. The van der Waals surface area contributed by atoms with Gasteiger partial charge in [0, 0.05) is 10.8 Å². The van der Waals surface area contributed by atoms with Crippen LogP contribution in [0.5, 0.6) is 0 Å². The average Bonchev–Trinajstić information content (AvgIpc) is 3.02. The smallest absolute Gasteiger partial charge is 0.261 e. The van der Waals surface area contributed by atoms with Crippen molar-refractivity contribution >= 4 is 18.7 Å². The molecule has 254 valence electrons. The van der Waals surface area contributed by atoms with E-state index in [0.717, 1.165) is 30.4 Å². The molecule has 6 nitrogen and oxygen atoms in total. The number of nitrogens with zero attached hydrogens (tertiary/aromatic N) is 3. The molecule has 1 aliphatic carbocycles. The minimum absolute atomic E-state index is 0.00734. The number of benzene rings is 2. The fourth-order valence-corrected chi connectivity index (χ4v) is 12.2. The van der Waals surface area contributed by atoms with Crippen LogP contribution in [0.25, 0.3) is 10.4 Å². The molecule has 0 fully saturated rings. The number of hydrogen-bond donors (Lipinski definition) is 0. The van der Waals surface area contributed by atoms with E-state index in [4.69, 9.17) is 13.9 Å². The molecule has 2 aromatic rings. The Hall–Kier alpha value is -3.45. The van der Waals surface area contributed by atoms with Crippen molar-refractivity contribution < 1.29 is 13.9 Å². The van der Waals surface area contributed by atoms with Crippen LogP contribution in [0.3, 0.4) is 0 Å². The highest BCUT2D eigenvalue weighted by Crippen LogP contribution is 2.45. The normalized spacial score (nSPS) is 26.1. The van der Waals surface area contributed by atoms with Crippen molar-refractivity contribution in [1.82, 2.24) is 0 Å². The molecule has 0 N–H and O–H groups in total. The molecule has 0 bridgehead atoms. The number of azide groups is 1. The van der Waals surface area contributed by atoms with Crippen LogP contribution >= 0.6 is 0 Å². The summed E-state index contributed by atoms with van der Waals surface area (Å²) < 4.78 is 21.3. The van der Waals surface area contributed by atoms with Crippen LogP contribution in [0.4, 0.5) is 0 Å². The van der Waals surface area contributed by atoms with Gasteiger partial charge < -0.3 is 13.9 Å². The van der Waals surface area contributed by atoms with E-state index in [1.54, 1.807) is 0 Å². The molecule has 1 unspecified atom stereocenters. The summed E-state index contributed by atoms with van der Waals surface area (Å²) in [6.07, 6.45) is 14.2. The molecule has 0 amide bonds. The third-order valence-corrected chi connectivity index (χ3v) is 14.9. The van der Waals surface area contributed by atoms with Gasteiger partial charge in [-0.1, -0.05) is 127 Å². The fourth-order valence-electron chi connectivity index (χ4n) is 7.69. The van der Waals surface area contributed by atoms with Crippen molar-refractivity contribution in [2.24, 2.45) is 11.0 Å². The Bertz CT molecular complexity index is 1600. The van der Waals surface area contributed by atoms with E-state index in [-0.39, 0.29) is 29.2 Å². The fraction of sp³-hybridized carbons (Fsp3) is 0.463. The lowest BCUT2D eigenvalue weighted by atomic mass is 9.77. The minimum Gasteiger partial charge on any atom is -0.403 e. The summed E-state index contributed by atoms with van der Waals surface area (Å²) in [6.45, 7) is 18.0. The van der Waals surface area contributed by atoms with Crippen LogP contribution in [0, 0.1) is 5.92 Å². The summed E-state index contributed by atoms with van der Waals surface area (Å²) in [7, 11) is -2.82. The maximum atomic E-state index is 9.39. The first-order chi connectivity index (χ1) is 22.9. The highest BCUT2D eigenvalue weighted by molar-refractivity contribution is 6.99. The quantitative estimate of drug-likeness (QED) is 0.0835. The zero-order valence-electron chi connectivity index (χ0n) is 30.1. The molecule has 48 heavy (non-hydrogen) atoms. The van der Waals surface area contributed by atoms with E-state index in [2.05, 4.69) is 150 Å². The second-order valence-corrected chi connectivity index (χ2v) is 19.4. The Morgan fingerprint density at radius 3 is 2.23 bits per heavy atom. The predicted molar refractivity (Wildman–Crippen MR) is 200 cm³/mol. The van der Waals surface area contributed by atoms with E-state index >= 15 is 0 Å². The second kappa shape index (κ2) is 15.0.